The quantitative estimate of drug-likeness (QED) is 0.310. The number of hydrogen-bond donors (Lipinski definition) is 0. The van der Waals surface area contributed by atoms with E-state index in [9.17, 15) is 0 Å². The number of allylic oxidation sites excluding steroid dienone is 8. The highest BCUT2D eigenvalue weighted by Gasteiger charge is 2.20. The van der Waals surface area contributed by atoms with E-state index in [0.29, 0.717) is 0 Å². The highest BCUT2D eigenvalue weighted by molar-refractivity contribution is 6.05. The first-order valence-electron chi connectivity index (χ1n) is 10.1. The molecular formula is C29H25N. The Bertz CT molecular complexity index is 1300. The molecule has 1 heterocycles. The SMILES string of the molecule is C=C/C(C)=C/C=C(\C=C)c1ccc(C)c2c1c1c(n2-c2ccccc2)C=C=CC=C1. The molecule has 0 saturated heterocycles. The summed E-state index contributed by atoms with van der Waals surface area (Å²) in [5.74, 6) is 0. The molecule has 0 atom stereocenters. The van der Waals surface area contributed by atoms with Crippen LogP contribution in [0.3, 0.4) is 0 Å². The highest BCUT2D eigenvalue weighted by Crippen LogP contribution is 2.39. The fourth-order valence-electron chi connectivity index (χ4n) is 3.91. The third-order valence-corrected chi connectivity index (χ3v) is 5.46. The van der Waals surface area contributed by atoms with Gasteiger partial charge in [-0.15, -0.1) is 5.73 Å². The average Bonchev–Trinajstić information content (AvgIpc) is 2.92. The molecule has 1 heteroatoms. The third-order valence-electron chi connectivity index (χ3n) is 5.46. The van der Waals surface area contributed by atoms with Crippen LogP contribution in [-0.2, 0) is 0 Å². The maximum absolute atomic E-state index is 4.09. The molecule has 1 nitrogen and oxygen atoms in total. The number of aryl methyl sites for hydroxylation is 1. The fraction of sp³-hybridized carbons (Fsp3) is 0.0690. The van der Waals surface area contributed by atoms with Crippen molar-refractivity contribution >= 4 is 28.6 Å². The number of rotatable bonds is 5. The van der Waals surface area contributed by atoms with Crippen molar-refractivity contribution in [3.8, 4) is 5.69 Å². The normalized spacial score (nSPS) is 13.4. The van der Waals surface area contributed by atoms with Crippen LogP contribution in [0.1, 0.15) is 29.3 Å². The second-order valence-corrected chi connectivity index (χ2v) is 7.40. The molecule has 0 saturated carbocycles. The Morgan fingerprint density at radius 3 is 2.53 bits per heavy atom. The zero-order valence-corrected chi connectivity index (χ0v) is 17.5. The van der Waals surface area contributed by atoms with Gasteiger partial charge < -0.3 is 4.57 Å². The van der Waals surface area contributed by atoms with Crippen LogP contribution in [0, 0.1) is 6.92 Å². The van der Waals surface area contributed by atoms with Gasteiger partial charge >= 0.3 is 0 Å². The zero-order valence-electron chi connectivity index (χ0n) is 17.5. The van der Waals surface area contributed by atoms with Crippen LogP contribution in [-0.4, -0.2) is 4.57 Å². The van der Waals surface area contributed by atoms with Crippen molar-refractivity contribution in [1.29, 1.82) is 0 Å². The second kappa shape index (κ2) is 8.29. The van der Waals surface area contributed by atoms with Gasteiger partial charge in [0.15, 0.2) is 0 Å². The van der Waals surface area contributed by atoms with Gasteiger partial charge in [-0.25, -0.2) is 0 Å². The summed E-state index contributed by atoms with van der Waals surface area (Å²) in [6.45, 7) is 12.2. The molecule has 1 aromatic heterocycles. The van der Waals surface area contributed by atoms with E-state index in [0.717, 1.165) is 22.5 Å². The van der Waals surface area contributed by atoms with Crippen LogP contribution in [0.5, 0.6) is 0 Å². The first-order chi connectivity index (χ1) is 14.7. The Morgan fingerprint density at radius 1 is 1.00 bits per heavy atom. The molecular weight excluding hydrogens is 362 g/mol. The molecule has 0 bridgehead atoms. The second-order valence-electron chi connectivity index (χ2n) is 7.40. The van der Waals surface area contributed by atoms with E-state index in [-0.39, 0.29) is 0 Å². The number of nitrogens with zero attached hydrogens (tertiary/aromatic N) is 1. The topological polar surface area (TPSA) is 4.93 Å². The molecule has 0 radical (unpaired) electrons. The van der Waals surface area contributed by atoms with E-state index >= 15 is 0 Å². The molecule has 0 fully saturated rings. The van der Waals surface area contributed by atoms with Gasteiger partial charge in [-0.2, -0.15) is 0 Å². The van der Waals surface area contributed by atoms with E-state index < -0.39 is 0 Å². The number of benzene rings is 2. The summed E-state index contributed by atoms with van der Waals surface area (Å²) in [5, 5.41) is 1.23. The minimum Gasteiger partial charge on any atom is -0.308 e. The number of fused-ring (bicyclic) bond motifs is 3. The van der Waals surface area contributed by atoms with E-state index in [4.69, 9.17) is 0 Å². The van der Waals surface area contributed by atoms with E-state index in [2.05, 4.69) is 103 Å². The summed E-state index contributed by atoms with van der Waals surface area (Å²) in [4.78, 5) is 0. The van der Waals surface area contributed by atoms with Crippen LogP contribution in [0.4, 0.5) is 0 Å². The van der Waals surface area contributed by atoms with Crippen LogP contribution in [0.2, 0.25) is 0 Å². The molecule has 146 valence electrons. The molecule has 0 spiro atoms. The molecule has 30 heavy (non-hydrogen) atoms. The van der Waals surface area contributed by atoms with Gasteiger partial charge in [-0.05, 0) is 48.8 Å². The molecule has 0 amide bonds. The van der Waals surface area contributed by atoms with Crippen molar-refractivity contribution in [2.24, 2.45) is 0 Å². The lowest BCUT2D eigenvalue weighted by Gasteiger charge is -2.12. The van der Waals surface area contributed by atoms with Crippen molar-refractivity contribution in [2.45, 2.75) is 13.8 Å². The van der Waals surface area contributed by atoms with E-state index in [1.54, 1.807) is 0 Å². The van der Waals surface area contributed by atoms with Crippen LogP contribution in [0.15, 0.2) is 103 Å². The number of hydrogen-bond acceptors (Lipinski definition) is 0. The van der Waals surface area contributed by atoms with Crippen LogP contribution < -0.4 is 0 Å². The first kappa shape index (κ1) is 19.5. The molecule has 1 aliphatic carbocycles. The maximum atomic E-state index is 4.09. The molecule has 0 unspecified atom stereocenters. The monoisotopic (exact) mass is 387 g/mol. The van der Waals surface area contributed by atoms with Gasteiger partial charge in [-0.3, -0.25) is 0 Å². The predicted octanol–water partition coefficient (Wildman–Crippen LogP) is 7.84. The van der Waals surface area contributed by atoms with Gasteiger partial charge in [0.25, 0.3) is 0 Å². The van der Waals surface area contributed by atoms with Crippen LogP contribution >= 0.6 is 0 Å². The molecule has 1 aliphatic rings. The lowest BCUT2D eigenvalue weighted by Crippen LogP contribution is -1.98. The van der Waals surface area contributed by atoms with Crippen LogP contribution in [0.25, 0.3) is 34.3 Å². The van der Waals surface area contributed by atoms with Crippen molar-refractivity contribution < 1.29 is 0 Å². The highest BCUT2D eigenvalue weighted by atomic mass is 15.0. The smallest absolute Gasteiger partial charge is 0.0618 e. The minimum absolute atomic E-state index is 1.09. The van der Waals surface area contributed by atoms with Gasteiger partial charge in [0.1, 0.15) is 0 Å². The largest absolute Gasteiger partial charge is 0.308 e. The Labute approximate surface area is 178 Å². The van der Waals surface area contributed by atoms with Gasteiger partial charge in [0.05, 0.1) is 11.2 Å². The first-order valence-corrected chi connectivity index (χ1v) is 10.1. The van der Waals surface area contributed by atoms with Crippen molar-refractivity contribution in [1.82, 2.24) is 4.57 Å². The summed E-state index contributed by atoms with van der Waals surface area (Å²) in [6, 6.07) is 14.9. The Morgan fingerprint density at radius 2 is 1.80 bits per heavy atom. The third kappa shape index (κ3) is 3.37. The minimum atomic E-state index is 1.09. The van der Waals surface area contributed by atoms with Crippen molar-refractivity contribution in [2.75, 3.05) is 0 Å². The molecule has 4 rings (SSSR count). The summed E-state index contributed by atoms with van der Waals surface area (Å²) >= 11 is 0. The lowest BCUT2D eigenvalue weighted by molar-refractivity contribution is 1.10. The Hall–Kier alpha value is -3.80. The summed E-state index contributed by atoms with van der Waals surface area (Å²) in [5.41, 5.74) is 12.6. The average molecular weight is 388 g/mol. The fourth-order valence-corrected chi connectivity index (χ4v) is 3.91. The van der Waals surface area contributed by atoms with Gasteiger partial charge in [-0.1, -0.05) is 85.5 Å². The number of aromatic nitrogens is 1. The van der Waals surface area contributed by atoms with E-state index in [1.165, 1.54) is 27.6 Å². The van der Waals surface area contributed by atoms with Crippen molar-refractivity contribution in [3.63, 3.8) is 0 Å². The van der Waals surface area contributed by atoms with Crippen molar-refractivity contribution in [3.05, 3.63) is 126 Å². The van der Waals surface area contributed by atoms with E-state index in [1.807, 2.05) is 25.2 Å². The molecule has 0 N–H and O–H groups in total. The molecule has 0 aliphatic heterocycles. The van der Waals surface area contributed by atoms with Gasteiger partial charge in [0, 0.05) is 22.7 Å². The summed E-state index contributed by atoms with van der Waals surface area (Å²) in [7, 11) is 0. The predicted molar refractivity (Wildman–Crippen MR) is 132 cm³/mol. The number of para-hydroxylation sites is 1. The Balaban J connectivity index is 2.14. The molecule has 2 aromatic carbocycles. The van der Waals surface area contributed by atoms with Gasteiger partial charge in [0.2, 0.25) is 0 Å². The zero-order chi connectivity index (χ0) is 21.1. The molecule has 3 aromatic rings. The summed E-state index contributed by atoms with van der Waals surface area (Å²) < 4.78 is 2.34. The Kier molecular flexibility index (Phi) is 5.39. The maximum Gasteiger partial charge on any atom is 0.0618 e. The lowest BCUT2D eigenvalue weighted by atomic mass is 9.95. The summed E-state index contributed by atoms with van der Waals surface area (Å²) in [6.07, 6.45) is 16.3. The standard InChI is InChI=1S/C29H25N/c1-5-21(3)17-19-23(6-2)25-20-18-22(4)29-28(25)26-15-11-8-12-16-27(26)30(29)24-13-9-7-10-14-24/h5-11,13-20H,1-2H2,3-4H3/b21-17+,23-19+.